The molecule has 0 atom stereocenters. The quantitative estimate of drug-likeness (QED) is 0.885. The third kappa shape index (κ3) is 2.02. The number of hydrogen-bond acceptors (Lipinski definition) is 4. The molecule has 0 saturated carbocycles. The number of hydrogen-bond donors (Lipinski definition) is 1. The minimum Gasteiger partial charge on any atom is -0.497 e. The molecule has 0 radical (unpaired) electrons. The van der Waals surface area contributed by atoms with Gasteiger partial charge in [-0.05, 0) is 31.2 Å². The maximum absolute atomic E-state index is 5.13. The van der Waals surface area contributed by atoms with E-state index in [1.807, 2.05) is 38.2 Å². The number of nitrogens with zero attached hydrogens (tertiary/aromatic N) is 1. The number of methoxy groups -OCH3 is 1. The van der Waals surface area contributed by atoms with Crippen LogP contribution in [0.4, 0.5) is 5.00 Å². The van der Waals surface area contributed by atoms with E-state index in [1.165, 1.54) is 0 Å². The number of aromatic nitrogens is 1. The minimum atomic E-state index is 0.867. The molecule has 0 aliphatic rings. The van der Waals surface area contributed by atoms with E-state index in [0.29, 0.717) is 0 Å². The van der Waals surface area contributed by atoms with Crippen molar-refractivity contribution in [2.45, 2.75) is 6.92 Å². The summed E-state index contributed by atoms with van der Waals surface area (Å²) in [5.41, 5.74) is 2.16. The van der Waals surface area contributed by atoms with Crippen LogP contribution in [0.5, 0.6) is 5.75 Å². The second kappa shape index (κ2) is 4.53. The Hall–Kier alpha value is -1.55. The van der Waals surface area contributed by atoms with Gasteiger partial charge in [0.15, 0.2) is 0 Å². The van der Waals surface area contributed by atoms with Gasteiger partial charge in [0.05, 0.1) is 12.8 Å². The van der Waals surface area contributed by atoms with Crippen LogP contribution in [0.2, 0.25) is 0 Å². The first kappa shape index (κ1) is 11.0. The molecule has 2 rings (SSSR count). The summed E-state index contributed by atoms with van der Waals surface area (Å²) < 4.78 is 5.13. The monoisotopic (exact) mass is 234 g/mol. The average molecular weight is 234 g/mol. The molecular weight excluding hydrogens is 220 g/mol. The van der Waals surface area contributed by atoms with E-state index in [-0.39, 0.29) is 0 Å². The third-order valence-corrected chi connectivity index (χ3v) is 3.58. The predicted octanol–water partition coefficient (Wildman–Crippen LogP) is 3.17. The summed E-state index contributed by atoms with van der Waals surface area (Å²) in [5, 5.41) is 5.29. The summed E-state index contributed by atoms with van der Waals surface area (Å²) in [6.07, 6.45) is 0. The van der Waals surface area contributed by atoms with Crippen LogP contribution in [0.1, 0.15) is 5.69 Å². The molecule has 0 unspecified atom stereocenters. The van der Waals surface area contributed by atoms with Crippen LogP contribution in [-0.4, -0.2) is 19.1 Å². The van der Waals surface area contributed by atoms with Gasteiger partial charge in [0.1, 0.15) is 15.8 Å². The number of ether oxygens (including phenoxy) is 1. The van der Waals surface area contributed by atoms with Crippen LogP contribution >= 0.6 is 11.3 Å². The Balaban J connectivity index is 2.34. The lowest BCUT2D eigenvalue weighted by Crippen LogP contribution is -1.85. The molecule has 3 nitrogen and oxygen atoms in total. The van der Waals surface area contributed by atoms with Crippen molar-refractivity contribution in [1.29, 1.82) is 0 Å². The van der Waals surface area contributed by atoms with E-state index >= 15 is 0 Å². The molecule has 0 aliphatic heterocycles. The molecule has 1 heterocycles. The summed E-state index contributed by atoms with van der Waals surface area (Å²) in [6, 6.07) is 7.95. The Kier molecular flexibility index (Phi) is 3.10. The molecule has 0 spiro atoms. The lowest BCUT2D eigenvalue weighted by atomic mass is 10.2. The van der Waals surface area contributed by atoms with Crippen molar-refractivity contribution in [2.75, 3.05) is 19.5 Å². The lowest BCUT2D eigenvalue weighted by Gasteiger charge is -1.99. The fourth-order valence-electron chi connectivity index (χ4n) is 1.49. The largest absolute Gasteiger partial charge is 0.497 e. The van der Waals surface area contributed by atoms with Crippen molar-refractivity contribution in [3.05, 3.63) is 30.0 Å². The number of anilines is 1. The summed E-state index contributed by atoms with van der Waals surface area (Å²) >= 11 is 1.66. The second-order valence-electron chi connectivity index (χ2n) is 3.41. The smallest absolute Gasteiger partial charge is 0.125 e. The fraction of sp³-hybridized carbons (Fsp3) is 0.250. The van der Waals surface area contributed by atoms with Crippen LogP contribution in [-0.2, 0) is 0 Å². The number of nitrogens with one attached hydrogen (secondary N) is 1. The molecule has 1 N–H and O–H groups in total. The zero-order valence-electron chi connectivity index (χ0n) is 9.57. The van der Waals surface area contributed by atoms with Crippen molar-refractivity contribution in [3.8, 4) is 16.3 Å². The lowest BCUT2D eigenvalue weighted by molar-refractivity contribution is 0.415. The van der Waals surface area contributed by atoms with Gasteiger partial charge in [-0.25, -0.2) is 4.98 Å². The van der Waals surface area contributed by atoms with Gasteiger partial charge >= 0.3 is 0 Å². The molecule has 16 heavy (non-hydrogen) atoms. The Morgan fingerprint density at radius 1 is 1.25 bits per heavy atom. The standard InChI is InChI=1S/C12H14N2OS/c1-8-11(13-2)16-12(14-8)9-4-6-10(15-3)7-5-9/h4-7,13H,1-3H3. The van der Waals surface area contributed by atoms with Crippen LogP contribution in [0.25, 0.3) is 10.6 Å². The molecule has 1 aromatic carbocycles. The highest BCUT2D eigenvalue weighted by atomic mass is 32.1. The average Bonchev–Trinajstić information content (AvgIpc) is 2.71. The molecule has 2 aromatic rings. The van der Waals surface area contributed by atoms with Crippen molar-refractivity contribution in [1.82, 2.24) is 4.98 Å². The molecule has 0 bridgehead atoms. The van der Waals surface area contributed by atoms with Gasteiger partial charge in [-0.15, -0.1) is 0 Å². The normalized spacial score (nSPS) is 10.2. The second-order valence-corrected chi connectivity index (χ2v) is 4.41. The molecule has 4 heteroatoms. The summed E-state index contributed by atoms with van der Waals surface area (Å²) in [7, 11) is 3.58. The van der Waals surface area contributed by atoms with Crippen molar-refractivity contribution < 1.29 is 4.74 Å². The summed E-state index contributed by atoms with van der Waals surface area (Å²) in [4.78, 5) is 4.52. The van der Waals surface area contributed by atoms with Crippen LogP contribution < -0.4 is 10.1 Å². The first-order chi connectivity index (χ1) is 7.74. The summed E-state index contributed by atoms with van der Waals surface area (Å²) in [5.74, 6) is 0.867. The maximum Gasteiger partial charge on any atom is 0.125 e. The number of rotatable bonds is 3. The van der Waals surface area contributed by atoms with Crippen LogP contribution in [0, 0.1) is 6.92 Å². The minimum absolute atomic E-state index is 0.867. The molecule has 0 fully saturated rings. The van der Waals surface area contributed by atoms with Crippen LogP contribution in [0.3, 0.4) is 0 Å². The van der Waals surface area contributed by atoms with Crippen LogP contribution in [0.15, 0.2) is 24.3 Å². The molecule has 0 saturated heterocycles. The fourth-order valence-corrected chi connectivity index (χ4v) is 2.41. The highest BCUT2D eigenvalue weighted by Gasteiger charge is 2.07. The molecule has 0 aliphatic carbocycles. The van der Waals surface area contributed by atoms with E-state index in [2.05, 4.69) is 10.3 Å². The zero-order valence-corrected chi connectivity index (χ0v) is 10.4. The molecule has 1 aromatic heterocycles. The van der Waals surface area contributed by atoms with E-state index in [1.54, 1.807) is 18.4 Å². The number of thiazole rings is 1. The van der Waals surface area contributed by atoms with Gasteiger partial charge in [0.25, 0.3) is 0 Å². The van der Waals surface area contributed by atoms with E-state index in [9.17, 15) is 0 Å². The maximum atomic E-state index is 5.13. The SMILES string of the molecule is CNc1sc(-c2ccc(OC)cc2)nc1C. The van der Waals surface area contributed by atoms with E-state index < -0.39 is 0 Å². The number of benzene rings is 1. The van der Waals surface area contributed by atoms with E-state index in [4.69, 9.17) is 4.74 Å². The molecule has 84 valence electrons. The molecular formula is C12H14N2OS. The van der Waals surface area contributed by atoms with Gasteiger partial charge in [-0.3, -0.25) is 0 Å². The predicted molar refractivity (Wildman–Crippen MR) is 68.4 cm³/mol. The van der Waals surface area contributed by atoms with Crippen molar-refractivity contribution >= 4 is 16.3 Å². The van der Waals surface area contributed by atoms with Crippen molar-refractivity contribution in [2.24, 2.45) is 0 Å². The van der Waals surface area contributed by atoms with Gasteiger partial charge < -0.3 is 10.1 Å². The van der Waals surface area contributed by atoms with Gasteiger partial charge in [-0.1, -0.05) is 11.3 Å². The van der Waals surface area contributed by atoms with Gasteiger partial charge in [-0.2, -0.15) is 0 Å². The zero-order chi connectivity index (χ0) is 11.5. The van der Waals surface area contributed by atoms with Crippen molar-refractivity contribution in [3.63, 3.8) is 0 Å². The first-order valence-electron chi connectivity index (χ1n) is 5.04. The first-order valence-corrected chi connectivity index (χ1v) is 5.86. The highest BCUT2D eigenvalue weighted by molar-refractivity contribution is 7.19. The number of aryl methyl sites for hydroxylation is 1. The topological polar surface area (TPSA) is 34.1 Å². The Morgan fingerprint density at radius 3 is 2.44 bits per heavy atom. The highest BCUT2D eigenvalue weighted by Crippen LogP contribution is 2.31. The Labute approximate surface area is 99.1 Å². The summed E-state index contributed by atoms with van der Waals surface area (Å²) in [6.45, 7) is 2.01. The third-order valence-electron chi connectivity index (χ3n) is 2.36. The Bertz CT molecular complexity index is 476. The van der Waals surface area contributed by atoms with Gasteiger partial charge in [0, 0.05) is 12.6 Å². The Morgan fingerprint density at radius 2 is 1.94 bits per heavy atom. The van der Waals surface area contributed by atoms with Gasteiger partial charge in [0.2, 0.25) is 0 Å². The molecule has 0 amide bonds. The van der Waals surface area contributed by atoms with E-state index in [0.717, 1.165) is 27.0 Å².